The highest BCUT2D eigenvalue weighted by Gasteiger charge is 2.47. The van der Waals surface area contributed by atoms with Gasteiger partial charge in [-0.1, -0.05) is 17.7 Å². The number of nitrogens with zero attached hydrogens (tertiary/aromatic N) is 2. The normalized spacial score (nSPS) is 17.2. The molecule has 0 spiro atoms. The Morgan fingerprint density at radius 3 is 2.65 bits per heavy atom. The van der Waals surface area contributed by atoms with E-state index in [-0.39, 0.29) is 24.5 Å². The van der Waals surface area contributed by atoms with E-state index in [1.165, 1.54) is 20.3 Å². The van der Waals surface area contributed by atoms with Gasteiger partial charge < -0.3 is 25.1 Å². The third-order valence-corrected chi connectivity index (χ3v) is 6.55. The van der Waals surface area contributed by atoms with Gasteiger partial charge in [0.1, 0.15) is 5.82 Å². The summed E-state index contributed by atoms with van der Waals surface area (Å²) in [6.07, 6.45) is -4.89. The molecule has 4 aromatic rings. The topological polar surface area (TPSA) is 93.2 Å². The maximum atomic E-state index is 14.0. The summed E-state index contributed by atoms with van der Waals surface area (Å²) in [5, 5.41) is 11.3. The summed E-state index contributed by atoms with van der Waals surface area (Å²) < 4.78 is 53.5. The molecule has 12 heteroatoms. The number of benzene rings is 2. The van der Waals surface area contributed by atoms with Crippen LogP contribution in [0.4, 0.5) is 19.0 Å². The summed E-state index contributed by atoms with van der Waals surface area (Å²) >= 11 is 6.01. The van der Waals surface area contributed by atoms with Crippen LogP contribution in [0.15, 0.2) is 48.5 Å². The van der Waals surface area contributed by atoms with Crippen LogP contribution in [0, 0.1) is 0 Å². The SMILES string of the molecule is COc1ccc([C@@H]2C[C@H](C(F)(F)F)n3nc(C(=O)NCc4cc5cc(Cl)ccc5[nH]4)cc3N2)cc1OC. The number of rotatable bonds is 6. The van der Waals surface area contributed by atoms with Crippen LogP contribution in [0.1, 0.15) is 40.3 Å². The van der Waals surface area contributed by atoms with Crippen molar-refractivity contribution in [3.8, 4) is 11.5 Å². The number of hydrogen-bond donors (Lipinski definition) is 3. The molecule has 2 aromatic carbocycles. The van der Waals surface area contributed by atoms with E-state index in [0.717, 1.165) is 21.3 Å². The van der Waals surface area contributed by atoms with Gasteiger partial charge in [0.2, 0.25) is 0 Å². The molecule has 2 aromatic heterocycles. The van der Waals surface area contributed by atoms with Gasteiger partial charge in [0, 0.05) is 34.1 Å². The lowest BCUT2D eigenvalue weighted by atomic mass is 9.96. The lowest BCUT2D eigenvalue weighted by molar-refractivity contribution is -0.173. The molecule has 1 amide bonds. The van der Waals surface area contributed by atoms with Gasteiger partial charge in [-0.15, -0.1) is 0 Å². The van der Waals surface area contributed by atoms with Crippen LogP contribution in [-0.2, 0) is 6.54 Å². The van der Waals surface area contributed by atoms with Crippen LogP contribution in [0.25, 0.3) is 10.9 Å². The average Bonchev–Trinajstić information content (AvgIpc) is 3.49. The third-order valence-electron chi connectivity index (χ3n) is 6.31. The number of aromatic amines is 1. The molecule has 8 nitrogen and oxygen atoms in total. The zero-order valence-electron chi connectivity index (χ0n) is 19.8. The number of H-pyrrole nitrogens is 1. The highest BCUT2D eigenvalue weighted by molar-refractivity contribution is 6.31. The van der Waals surface area contributed by atoms with Gasteiger partial charge in [0.05, 0.1) is 26.8 Å². The molecule has 5 rings (SSSR count). The summed E-state index contributed by atoms with van der Waals surface area (Å²) in [5.41, 5.74) is 2.03. The van der Waals surface area contributed by atoms with Gasteiger partial charge >= 0.3 is 6.18 Å². The first-order valence-corrected chi connectivity index (χ1v) is 11.7. The van der Waals surface area contributed by atoms with Gasteiger partial charge in [-0.05, 0) is 42.0 Å². The second kappa shape index (κ2) is 9.55. The minimum Gasteiger partial charge on any atom is -0.493 e. The van der Waals surface area contributed by atoms with E-state index in [0.29, 0.717) is 22.1 Å². The number of nitrogens with one attached hydrogen (secondary N) is 3. The average molecular weight is 534 g/mol. The molecule has 1 aliphatic heterocycles. The van der Waals surface area contributed by atoms with Crippen LogP contribution in [-0.4, -0.2) is 41.1 Å². The van der Waals surface area contributed by atoms with Crippen molar-refractivity contribution in [2.24, 2.45) is 0 Å². The fourth-order valence-electron chi connectivity index (χ4n) is 4.50. The maximum absolute atomic E-state index is 14.0. The number of carbonyl (C=O) groups is 1. The molecule has 0 saturated carbocycles. The van der Waals surface area contributed by atoms with Gasteiger partial charge in [0.15, 0.2) is 23.2 Å². The molecule has 0 aliphatic carbocycles. The number of halogens is 4. The Hall–Kier alpha value is -3.86. The van der Waals surface area contributed by atoms with Crippen molar-refractivity contribution >= 4 is 34.2 Å². The highest BCUT2D eigenvalue weighted by Crippen LogP contribution is 2.44. The molecule has 37 heavy (non-hydrogen) atoms. The van der Waals surface area contributed by atoms with E-state index >= 15 is 0 Å². The molecule has 1 aliphatic rings. The zero-order chi connectivity index (χ0) is 26.3. The fraction of sp³-hybridized carbons (Fsp3) is 0.280. The number of hydrogen-bond acceptors (Lipinski definition) is 5. The summed E-state index contributed by atoms with van der Waals surface area (Å²) in [4.78, 5) is 16.0. The molecular weight excluding hydrogens is 511 g/mol. The van der Waals surface area contributed by atoms with Crippen molar-refractivity contribution < 1.29 is 27.4 Å². The number of aromatic nitrogens is 3. The van der Waals surface area contributed by atoms with E-state index < -0.39 is 24.2 Å². The molecule has 0 radical (unpaired) electrons. The first kappa shape index (κ1) is 24.8. The smallest absolute Gasteiger partial charge is 0.410 e. The Balaban J connectivity index is 1.37. The Labute approximate surface area is 214 Å². The molecule has 194 valence electrons. The zero-order valence-corrected chi connectivity index (χ0v) is 20.6. The standard InChI is InChI=1S/C25H23ClF3N5O3/c1-36-20-6-3-13(9-21(20)37-2)18-10-22(25(27,28)29)34-23(32-18)11-19(33-34)24(35)30-12-16-8-14-7-15(26)4-5-17(14)31-16/h3-9,11,18,22,31-32H,10,12H2,1-2H3,(H,30,35)/t18-,22+/m0/s1. The van der Waals surface area contributed by atoms with Crippen molar-refractivity contribution in [3.63, 3.8) is 0 Å². The van der Waals surface area contributed by atoms with Gasteiger partial charge in [-0.25, -0.2) is 4.68 Å². The van der Waals surface area contributed by atoms with Crippen LogP contribution in [0.5, 0.6) is 11.5 Å². The van der Waals surface area contributed by atoms with E-state index in [9.17, 15) is 18.0 Å². The lowest BCUT2D eigenvalue weighted by Crippen LogP contribution is -2.35. The number of carbonyl (C=O) groups excluding carboxylic acids is 1. The van der Waals surface area contributed by atoms with Crippen molar-refractivity contribution in [1.82, 2.24) is 20.1 Å². The number of amides is 1. The number of fused-ring (bicyclic) bond motifs is 2. The second-order valence-corrected chi connectivity index (χ2v) is 9.11. The second-order valence-electron chi connectivity index (χ2n) is 8.67. The molecule has 3 heterocycles. The number of methoxy groups -OCH3 is 2. The molecule has 0 fully saturated rings. The van der Waals surface area contributed by atoms with Gasteiger partial charge in [0.25, 0.3) is 5.91 Å². The summed E-state index contributed by atoms with van der Waals surface area (Å²) in [7, 11) is 2.94. The largest absolute Gasteiger partial charge is 0.493 e. The maximum Gasteiger partial charge on any atom is 0.410 e. The summed E-state index contributed by atoms with van der Waals surface area (Å²) in [5.74, 6) is 0.378. The van der Waals surface area contributed by atoms with Gasteiger partial charge in [-0.2, -0.15) is 18.3 Å². The minimum atomic E-state index is -4.57. The molecule has 2 atom stereocenters. The van der Waals surface area contributed by atoms with E-state index in [1.54, 1.807) is 30.3 Å². The van der Waals surface area contributed by atoms with Crippen LogP contribution in [0.3, 0.4) is 0 Å². The number of ether oxygens (including phenoxy) is 2. The van der Waals surface area contributed by atoms with Crippen LogP contribution >= 0.6 is 11.6 Å². The molecule has 0 unspecified atom stereocenters. The van der Waals surface area contributed by atoms with Gasteiger partial charge in [-0.3, -0.25) is 4.79 Å². The van der Waals surface area contributed by atoms with E-state index in [1.807, 2.05) is 12.1 Å². The Morgan fingerprint density at radius 2 is 1.92 bits per heavy atom. The fourth-order valence-corrected chi connectivity index (χ4v) is 4.68. The van der Waals surface area contributed by atoms with Crippen molar-refractivity contribution in [1.29, 1.82) is 0 Å². The summed E-state index contributed by atoms with van der Waals surface area (Å²) in [6.45, 7) is 0.137. The lowest BCUT2D eigenvalue weighted by Gasteiger charge is -2.33. The van der Waals surface area contributed by atoms with Crippen LogP contribution in [0.2, 0.25) is 5.02 Å². The predicted octanol–water partition coefficient (Wildman–Crippen LogP) is 5.63. The number of anilines is 1. The molecule has 0 bridgehead atoms. The van der Waals surface area contributed by atoms with Crippen LogP contribution < -0.4 is 20.1 Å². The molecule has 0 saturated heterocycles. The van der Waals surface area contributed by atoms with E-state index in [4.69, 9.17) is 21.1 Å². The Kier molecular flexibility index (Phi) is 6.40. The van der Waals surface area contributed by atoms with E-state index in [2.05, 4.69) is 20.7 Å². The Morgan fingerprint density at radius 1 is 1.14 bits per heavy atom. The third kappa shape index (κ3) is 4.91. The first-order chi connectivity index (χ1) is 17.7. The predicted molar refractivity (Wildman–Crippen MR) is 132 cm³/mol. The van der Waals surface area contributed by atoms with Crippen molar-refractivity contribution in [3.05, 3.63) is 70.5 Å². The molecule has 3 N–H and O–H groups in total. The first-order valence-electron chi connectivity index (χ1n) is 11.4. The monoisotopic (exact) mass is 533 g/mol. The summed E-state index contributed by atoms with van der Waals surface area (Å²) in [6, 6.07) is 10.9. The highest BCUT2D eigenvalue weighted by atomic mass is 35.5. The Bertz CT molecular complexity index is 1470. The minimum absolute atomic E-state index is 0.0961. The quantitative estimate of drug-likeness (QED) is 0.299. The molecular formula is C25H23ClF3N5O3. The van der Waals surface area contributed by atoms with Crippen molar-refractivity contribution in [2.45, 2.75) is 31.2 Å². The number of alkyl halides is 3. The van der Waals surface area contributed by atoms with Crippen molar-refractivity contribution in [2.75, 3.05) is 19.5 Å².